The smallest absolute Gasteiger partial charge is 0.261 e. The van der Waals surface area contributed by atoms with E-state index in [1.165, 1.54) is 4.90 Å². The highest BCUT2D eigenvalue weighted by Gasteiger charge is 2.41. The van der Waals surface area contributed by atoms with Crippen LogP contribution in [0.15, 0.2) is 48.5 Å². The summed E-state index contributed by atoms with van der Waals surface area (Å²) < 4.78 is 11.4. The summed E-state index contributed by atoms with van der Waals surface area (Å²) in [6.07, 6.45) is 1.86. The Hall–Kier alpha value is -3.03. The molecule has 3 amide bonds. The van der Waals surface area contributed by atoms with Crippen LogP contribution in [0.1, 0.15) is 49.5 Å². The van der Waals surface area contributed by atoms with E-state index in [1.807, 2.05) is 30.3 Å². The molecule has 0 unspecified atom stereocenters. The molecule has 0 aliphatic carbocycles. The van der Waals surface area contributed by atoms with Crippen molar-refractivity contribution < 1.29 is 23.9 Å². The molecule has 3 aliphatic heterocycles. The van der Waals surface area contributed by atoms with E-state index in [1.54, 1.807) is 23.1 Å². The summed E-state index contributed by atoms with van der Waals surface area (Å²) in [6.45, 7) is 2.57. The number of nitrogens with zero attached hydrogens (tertiary/aromatic N) is 2. The molecule has 0 N–H and O–H groups in total. The Bertz CT molecular complexity index is 1020. The summed E-state index contributed by atoms with van der Waals surface area (Å²) in [5, 5.41) is 0. The van der Waals surface area contributed by atoms with Crippen LogP contribution in [0.3, 0.4) is 0 Å². The van der Waals surface area contributed by atoms with Crippen molar-refractivity contribution in [3.8, 4) is 0 Å². The van der Waals surface area contributed by atoms with Gasteiger partial charge in [0.05, 0.1) is 24.3 Å². The van der Waals surface area contributed by atoms with E-state index in [4.69, 9.17) is 9.47 Å². The van der Waals surface area contributed by atoms with Gasteiger partial charge in [-0.3, -0.25) is 19.3 Å². The Morgan fingerprint density at radius 2 is 1.58 bits per heavy atom. The Morgan fingerprint density at radius 3 is 2.29 bits per heavy atom. The lowest BCUT2D eigenvalue weighted by molar-refractivity contribution is -0.181. The van der Waals surface area contributed by atoms with E-state index in [9.17, 15) is 14.4 Å². The average molecular weight is 420 g/mol. The van der Waals surface area contributed by atoms with Crippen LogP contribution in [0, 0.1) is 0 Å². The van der Waals surface area contributed by atoms with Crippen LogP contribution < -0.4 is 0 Å². The standard InChI is InChI=1S/C24H24N2O5/c27-21(25-12-9-24(10-13-25)30-14-15-31-24)18-6-7-19-20(16-18)23(29)26(22(19)28)11-8-17-4-2-1-3-5-17/h1-7,16H,8-15H2. The SMILES string of the molecule is O=C(c1ccc2c(c1)C(=O)N(CCc1ccccc1)C2=O)N1CCC2(CC1)OCCO2. The van der Waals surface area contributed by atoms with Gasteiger partial charge in [-0.15, -0.1) is 0 Å². The number of benzene rings is 2. The first kappa shape index (κ1) is 19.9. The van der Waals surface area contributed by atoms with Gasteiger partial charge in [0, 0.05) is 38.0 Å². The maximum absolute atomic E-state index is 13.0. The number of ether oxygens (including phenoxy) is 2. The Morgan fingerprint density at radius 1 is 0.903 bits per heavy atom. The van der Waals surface area contributed by atoms with Gasteiger partial charge in [-0.2, -0.15) is 0 Å². The predicted molar refractivity (Wildman–Crippen MR) is 112 cm³/mol. The summed E-state index contributed by atoms with van der Waals surface area (Å²) in [6, 6.07) is 14.5. The molecule has 7 nitrogen and oxygen atoms in total. The third-order valence-electron chi connectivity index (χ3n) is 6.31. The summed E-state index contributed by atoms with van der Waals surface area (Å²) >= 11 is 0. The van der Waals surface area contributed by atoms with Crippen molar-refractivity contribution in [2.45, 2.75) is 25.0 Å². The second-order valence-corrected chi connectivity index (χ2v) is 8.16. The summed E-state index contributed by atoms with van der Waals surface area (Å²) in [4.78, 5) is 41.7. The number of hydrogen-bond donors (Lipinski definition) is 0. The molecule has 0 atom stereocenters. The van der Waals surface area contributed by atoms with Crippen LogP contribution >= 0.6 is 0 Å². The Balaban J connectivity index is 1.28. The molecule has 3 aliphatic rings. The molecule has 2 aromatic rings. The number of carbonyl (C=O) groups is 3. The monoisotopic (exact) mass is 420 g/mol. The van der Waals surface area contributed by atoms with Crippen molar-refractivity contribution in [3.05, 3.63) is 70.8 Å². The zero-order chi connectivity index (χ0) is 21.4. The highest BCUT2D eigenvalue weighted by Crippen LogP contribution is 2.32. The van der Waals surface area contributed by atoms with Gasteiger partial charge in [-0.05, 0) is 30.2 Å². The van der Waals surface area contributed by atoms with Gasteiger partial charge in [0.1, 0.15) is 0 Å². The lowest BCUT2D eigenvalue weighted by atomic mass is 10.0. The largest absolute Gasteiger partial charge is 0.347 e. The van der Waals surface area contributed by atoms with Crippen molar-refractivity contribution in [2.75, 3.05) is 32.8 Å². The third kappa shape index (κ3) is 3.64. The summed E-state index contributed by atoms with van der Waals surface area (Å²) in [5.74, 6) is -1.32. The van der Waals surface area contributed by atoms with Gasteiger partial charge >= 0.3 is 0 Å². The topological polar surface area (TPSA) is 76.2 Å². The van der Waals surface area contributed by atoms with Crippen molar-refractivity contribution in [3.63, 3.8) is 0 Å². The number of piperidine rings is 1. The first-order valence-corrected chi connectivity index (χ1v) is 10.7. The van der Waals surface area contributed by atoms with Crippen LogP contribution in [0.25, 0.3) is 0 Å². The van der Waals surface area contributed by atoms with E-state index in [0.717, 1.165) is 5.56 Å². The van der Waals surface area contributed by atoms with Gasteiger partial charge in [-0.1, -0.05) is 30.3 Å². The number of hydrogen-bond acceptors (Lipinski definition) is 5. The fourth-order valence-electron chi connectivity index (χ4n) is 4.53. The van der Waals surface area contributed by atoms with Gasteiger partial charge in [0.2, 0.25) is 0 Å². The molecule has 2 saturated heterocycles. The number of rotatable bonds is 4. The molecule has 160 valence electrons. The van der Waals surface area contributed by atoms with Crippen LogP contribution in [0.5, 0.6) is 0 Å². The van der Waals surface area contributed by atoms with E-state index in [-0.39, 0.29) is 17.7 Å². The number of carbonyl (C=O) groups excluding carboxylic acids is 3. The average Bonchev–Trinajstić information content (AvgIpc) is 3.35. The molecule has 3 heterocycles. The van der Waals surface area contributed by atoms with Crippen LogP contribution in [-0.4, -0.2) is 66.2 Å². The number of likely N-dealkylation sites (tertiary alicyclic amines) is 1. The second kappa shape index (κ2) is 7.90. The minimum atomic E-state index is -0.545. The normalized spacial score (nSPS) is 19.9. The minimum absolute atomic E-state index is 0.140. The molecule has 7 heteroatoms. The van der Waals surface area contributed by atoms with Gasteiger partial charge in [0.15, 0.2) is 5.79 Å². The van der Waals surface area contributed by atoms with Crippen LogP contribution in [0.2, 0.25) is 0 Å². The minimum Gasteiger partial charge on any atom is -0.347 e. The quantitative estimate of drug-likeness (QED) is 0.711. The van der Waals surface area contributed by atoms with Gasteiger partial charge in [0.25, 0.3) is 17.7 Å². The fourth-order valence-corrected chi connectivity index (χ4v) is 4.53. The maximum Gasteiger partial charge on any atom is 0.261 e. The van der Waals surface area contributed by atoms with Crippen LogP contribution in [0.4, 0.5) is 0 Å². The second-order valence-electron chi connectivity index (χ2n) is 8.16. The molecule has 0 saturated carbocycles. The van der Waals surface area contributed by atoms with Crippen LogP contribution in [-0.2, 0) is 15.9 Å². The summed E-state index contributed by atoms with van der Waals surface area (Å²) in [7, 11) is 0. The number of imide groups is 1. The van der Waals surface area contributed by atoms with Crippen molar-refractivity contribution in [1.82, 2.24) is 9.80 Å². The molecule has 31 heavy (non-hydrogen) atoms. The molecule has 0 bridgehead atoms. The fraction of sp³-hybridized carbons (Fsp3) is 0.375. The lowest BCUT2D eigenvalue weighted by Crippen LogP contribution is -2.47. The zero-order valence-corrected chi connectivity index (χ0v) is 17.2. The zero-order valence-electron chi connectivity index (χ0n) is 17.2. The molecule has 0 radical (unpaired) electrons. The first-order valence-electron chi connectivity index (χ1n) is 10.7. The molecule has 2 aromatic carbocycles. The van der Waals surface area contributed by atoms with E-state index >= 15 is 0 Å². The molecular formula is C24H24N2O5. The van der Waals surface area contributed by atoms with Gasteiger partial charge < -0.3 is 14.4 Å². The third-order valence-corrected chi connectivity index (χ3v) is 6.31. The molecule has 2 fully saturated rings. The van der Waals surface area contributed by atoms with E-state index in [0.29, 0.717) is 68.8 Å². The maximum atomic E-state index is 13.0. The van der Waals surface area contributed by atoms with Crippen molar-refractivity contribution >= 4 is 17.7 Å². The molecule has 1 spiro atoms. The van der Waals surface area contributed by atoms with E-state index < -0.39 is 5.79 Å². The van der Waals surface area contributed by atoms with Crippen molar-refractivity contribution in [1.29, 1.82) is 0 Å². The summed E-state index contributed by atoms with van der Waals surface area (Å²) in [5.41, 5.74) is 2.15. The Kier molecular flexibility index (Phi) is 5.08. The molecule has 0 aromatic heterocycles. The lowest BCUT2D eigenvalue weighted by Gasteiger charge is -2.37. The highest BCUT2D eigenvalue weighted by atomic mass is 16.7. The Labute approximate surface area is 180 Å². The highest BCUT2D eigenvalue weighted by molar-refractivity contribution is 6.22. The van der Waals surface area contributed by atoms with E-state index in [2.05, 4.69) is 0 Å². The first-order chi connectivity index (χ1) is 15.1. The predicted octanol–water partition coefficient (Wildman–Crippen LogP) is 2.50. The van der Waals surface area contributed by atoms with Gasteiger partial charge in [-0.25, -0.2) is 0 Å². The molecular weight excluding hydrogens is 396 g/mol. The number of fused-ring (bicyclic) bond motifs is 1. The number of amides is 3. The molecule has 5 rings (SSSR count). The van der Waals surface area contributed by atoms with Crippen molar-refractivity contribution in [2.24, 2.45) is 0 Å².